The minimum Gasteiger partial charge on any atom is -0.450 e. The number of carbonyl (C=O) groups is 3. The number of anilines is 1. The van der Waals surface area contributed by atoms with Gasteiger partial charge in [-0.05, 0) is 32.0 Å². The van der Waals surface area contributed by atoms with E-state index in [1.807, 2.05) is 24.3 Å². The Morgan fingerprint density at radius 3 is 2.23 bits per heavy atom. The summed E-state index contributed by atoms with van der Waals surface area (Å²) >= 11 is 6.07. The Kier molecular flexibility index (Phi) is 7.84. The maximum Gasteiger partial charge on any atom is 0.409 e. The lowest BCUT2D eigenvalue weighted by Gasteiger charge is -2.37. The molecule has 2 saturated heterocycles. The minimum atomic E-state index is -0.632. The molecule has 1 atom stereocenters. The molecule has 1 aromatic carbocycles. The standard InChI is InChI=1S/C21H30ClN5O4/c1-3-31-21(30)27-13-9-25(10-14-27)19(28)16(2)23-20(29)26-11-7-24(8-12-26)18-6-4-5-17(22)15-18/h4-6,15-16H,3,7-14H2,1-2H3,(H,23,29). The van der Waals surface area contributed by atoms with Gasteiger partial charge in [0, 0.05) is 63.1 Å². The van der Waals surface area contributed by atoms with Crippen LogP contribution in [-0.4, -0.2) is 97.7 Å². The third kappa shape index (κ3) is 5.94. The molecule has 31 heavy (non-hydrogen) atoms. The fourth-order valence-electron chi connectivity index (χ4n) is 3.78. The average Bonchev–Trinajstić information content (AvgIpc) is 2.79. The highest BCUT2D eigenvalue weighted by Crippen LogP contribution is 2.20. The van der Waals surface area contributed by atoms with Crippen molar-refractivity contribution in [2.75, 3.05) is 63.9 Å². The molecule has 4 amide bonds. The minimum absolute atomic E-state index is 0.144. The number of hydrogen-bond acceptors (Lipinski definition) is 5. The summed E-state index contributed by atoms with van der Waals surface area (Å²) in [4.78, 5) is 44.3. The van der Waals surface area contributed by atoms with Crippen molar-refractivity contribution in [2.45, 2.75) is 19.9 Å². The van der Waals surface area contributed by atoms with E-state index < -0.39 is 6.04 Å². The maximum absolute atomic E-state index is 12.7. The summed E-state index contributed by atoms with van der Waals surface area (Å²) in [5.74, 6) is -0.144. The monoisotopic (exact) mass is 451 g/mol. The van der Waals surface area contributed by atoms with Gasteiger partial charge < -0.3 is 29.7 Å². The molecule has 1 aromatic rings. The van der Waals surface area contributed by atoms with Crippen LogP contribution in [0.2, 0.25) is 5.02 Å². The number of piperazine rings is 2. The molecule has 2 aliphatic heterocycles. The van der Waals surface area contributed by atoms with E-state index in [0.29, 0.717) is 64.0 Å². The highest BCUT2D eigenvalue weighted by molar-refractivity contribution is 6.30. The number of nitrogens with zero attached hydrogens (tertiary/aromatic N) is 4. The van der Waals surface area contributed by atoms with Crippen LogP contribution in [0.15, 0.2) is 24.3 Å². The number of benzene rings is 1. The van der Waals surface area contributed by atoms with E-state index in [-0.39, 0.29) is 18.0 Å². The van der Waals surface area contributed by atoms with Crippen LogP contribution in [0.1, 0.15) is 13.8 Å². The summed E-state index contributed by atoms with van der Waals surface area (Å²) in [6.07, 6.45) is -0.354. The number of nitrogens with one attached hydrogen (secondary N) is 1. The molecule has 1 N–H and O–H groups in total. The van der Waals surface area contributed by atoms with E-state index in [2.05, 4.69) is 10.2 Å². The van der Waals surface area contributed by atoms with Gasteiger partial charge in [-0.1, -0.05) is 17.7 Å². The Hall–Kier alpha value is -2.68. The summed E-state index contributed by atoms with van der Waals surface area (Å²) in [5.41, 5.74) is 1.04. The zero-order chi connectivity index (χ0) is 22.4. The molecule has 0 radical (unpaired) electrons. The molecule has 3 rings (SSSR count). The molecule has 1 unspecified atom stereocenters. The van der Waals surface area contributed by atoms with Gasteiger partial charge in [0.25, 0.3) is 0 Å². The lowest BCUT2D eigenvalue weighted by Crippen LogP contribution is -2.58. The van der Waals surface area contributed by atoms with Gasteiger partial charge in [-0.25, -0.2) is 9.59 Å². The fraction of sp³-hybridized carbons (Fsp3) is 0.571. The second-order valence-corrected chi connectivity index (χ2v) is 8.07. The van der Waals surface area contributed by atoms with E-state index in [9.17, 15) is 14.4 Å². The summed E-state index contributed by atoms with van der Waals surface area (Å²) in [6, 6.07) is 6.80. The molecule has 0 spiro atoms. The smallest absolute Gasteiger partial charge is 0.409 e. The van der Waals surface area contributed by atoms with Gasteiger partial charge in [-0.2, -0.15) is 0 Å². The number of ether oxygens (including phenoxy) is 1. The van der Waals surface area contributed by atoms with E-state index >= 15 is 0 Å². The lowest BCUT2D eigenvalue weighted by atomic mass is 10.2. The zero-order valence-corrected chi connectivity index (χ0v) is 18.8. The first-order valence-electron chi connectivity index (χ1n) is 10.7. The number of rotatable bonds is 4. The number of halogens is 1. The van der Waals surface area contributed by atoms with Crippen molar-refractivity contribution in [3.8, 4) is 0 Å². The van der Waals surface area contributed by atoms with Crippen molar-refractivity contribution >= 4 is 35.3 Å². The van der Waals surface area contributed by atoms with Crippen molar-refractivity contribution in [1.29, 1.82) is 0 Å². The fourth-order valence-corrected chi connectivity index (χ4v) is 3.96. The van der Waals surface area contributed by atoms with Gasteiger partial charge in [0.15, 0.2) is 0 Å². The molecule has 2 fully saturated rings. The summed E-state index contributed by atoms with van der Waals surface area (Å²) in [7, 11) is 0. The van der Waals surface area contributed by atoms with Gasteiger partial charge in [0.05, 0.1) is 6.61 Å². The van der Waals surface area contributed by atoms with Crippen LogP contribution >= 0.6 is 11.6 Å². The Labute approximate surface area is 187 Å². The molecule has 0 saturated carbocycles. The van der Waals surface area contributed by atoms with Crippen molar-refractivity contribution in [3.05, 3.63) is 29.3 Å². The molecule has 9 nitrogen and oxygen atoms in total. The summed E-state index contributed by atoms with van der Waals surface area (Å²) in [6.45, 7) is 8.03. The van der Waals surface area contributed by atoms with E-state index in [0.717, 1.165) is 5.69 Å². The third-order valence-electron chi connectivity index (χ3n) is 5.57. The van der Waals surface area contributed by atoms with E-state index in [1.54, 1.807) is 28.5 Å². The number of hydrogen-bond donors (Lipinski definition) is 1. The molecule has 2 heterocycles. The Bertz CT molecular complexity index is 792. The highest BCUT2D eigenvalue weighted by Gasteiger charge is 2.29. The molecule has 0 aromatic heterocycles. The van der Waals surface area contributed by atoms with Crippen LogP contribution in [0.5, 0.6) is 0 Å². The maximum atomic E-state index is 12.7. The van der Waals surface area contributed by atoms with Gasteiger partial charge in [0.1, 0.15) is 6.04 Å². The number of amides is 4. The van der Waals surface area contributed by atoms with Gasteiger partial charge in [0.2, 0.25) is 5.91 Å². The summed E-state index contributed by atoms with van der Waals surface area (Å²) < 4.78 is 5.00. The number of carbonyl (C=O) groups excluding carboxylic acids is 3. The first-order chi connectivity index (χ1) is 14.9. The average molecular weight is 452 g/mol. The van der Waals surface area contributed by atoms with Crippen LogP contribution < -0.4 is 10.2 Å². The van der Waals surface area contributed by atoms with E-state index in [4.69, 9.17) is 16.3 Å². The second kappa shape index (κ2) is 10.6. The Morgan fingerprint density at radius 1 is 1.00 bits per heavy atom. The molecule has 0 bridgehead atoms. The van der Waals surface area contributed by atoms with Crippen LogP contribution in [0.3, 0.4) is 0 Å². The quantitative estimate of drug-likeness (QED) is 0.755. The first-order valence-corrected chi connectivity index (χ1v) is 11.0. The molecule has 10 heteroatoms. The van der Waals surface area contributed by atoms with Crippen molar-refractivity contribution in [1.82, 2.24) is 20.0 Å². The topological polar surface area (TPSA) is 85.4 Å². The Morgan fingerprint density at radius 2 is 1.61 bits per heavy atom. The predicted molar refractivity (Wildman–Crippen MR) is 118 cm³/mol. The van der Waals surface area contributed by atoms with Gasteiger partial charge in [-0.3, -0.25) is 4.79 Å². The van der Waals surface area contributed by atoms with Crippen LogP contribution in [0.4, 0.5) is 15.3 Å². The highest BCUT2D eigenvalue weighted by atomic mass is 35.5. The lowest BCUT2D eigenvalue weighted by molar-refractivity contribution is -0.134. The van der Waals surface area contributed by atoms with E-state index in [1.165, 1.54) is 0 Å². The van der Waals surface area contributed by atoms with Crippen molar-refractivity contribution < 1.29 is 19.1 Å². The van der Waals surface area contributed by atoms with Gasteiger partial charge in [-0.15, -0.1) is 0 Å². The van der Waals surface area contributed by atoms with Crippen molar-refractivity contribution in [2.24, 2.45) is 0 Å². The van der Waals surface area contributed by atoms with Crippen LogP contribution in [-0.2, 0) is 9.53 Å². The molecular formula is C21H30ClN5O4. The number of urea groups is 1. The summed E-state index contributed by atoms with van der Waals surface area (Å²) in [5, 5.41) is 3.50. The predicted octanol–water partition coefficient (Wildman–Crippen LogP) is 1.86. The third-order valence-corrected chi connectivity index (χ3v) is 5.80. The second-order valence-electron chi connectivity index (χ2n) is 7.64. The molecule has 2 aliphatic rings. The molecule has 170 valence electrons. The zero-order valence-electron chi connectivity index (χ0n) is 18.1. The SMILES string of the molecule is CCOC(=O)N1CCN(C(=O)C(C)NC(=O)N2CCN(c3cccc(Cl)c3)CC2)CC1. The molecular weight excluding hydrogens is 422 g/mol. The molecule has 0 aliphatic carbocycles. The first kappa shape index (κ1) is 23.0. The normalized spacial score (nSPS) is 17.9. The van der Waals surface area contributed by atoms with Crippen LogP contribution in [0.25, 0.3) is 0 Å². The largest absolute Gasteiger partial charge is 0.450 e. The van der Waals surface area contributed by atoms with Gasteiger partial charge >= 0.3 is 12.1 Å². The Balaban J connectivity index is 1.43. The van der Waals surface area contributed by atoms with Crippen molar-refractivity contribution in [3.63, 3.8) is 0 Å². The van der Waals surface area contributed by atoms with Crippen LogP contribution in [0, 0.1) is 0 Å².